The van der Waals surface area contributed by atoms with Crippen LogP contribution in [0.25, 0.3) is 0 Å². The minimum Gasteiger partial charge on any atom is -0.504 e. The maximum absolute atomic E-state index is 13.6. The molecular formula is C12H9Cl2FN2O3S. The lowest BCUT2D eigenvalue weighted by Gasteiger charge is -2.11. The van der Waals surface area contributed by atoms with E-state index in [9.17, 15) is 17.9 Å². The van der Waals surface area contributed by atoms with E-state index in [0.717, 1.165) is 12.1 Å². The van der Waals surface area contributed by atoms with Gasteiger partial charge >= 0.3 is 0 Å². The van der Waals surface area contributed by atoms with Crippen LogP contribution in [0, 0.1) is 12.7 Å². The number of nitrogens with zero attached hydrogens (tertiary/aromatic N) is 1. The lowest BCUT2D eigenvalue weighted by Crippen LogP contribution is -2.15. The summed E-state index contributed by atoms with van der Waals surface area (Å²) in [5.41, 5.74) is 0.485. The van der Waals surface area contributed by atoms with Crippen molar-refractivity contribution in [2.24, 2.45) is 0 Å². The first-order chi connectivity index (χ1) is 9.72. The van der Waals surface area contributed by atoms with E-state index in [-0.39, 0.29) is 16.6 Å². The fourth-order valence-corrected chi connectivity index (χ4v) is 3.29. The molecule has 0 aliphatic heterocycles. The molecule has 21 heavy (non-hydrogen) atoms. The van der Waals surface area contributed by atoms with Crippen molar-refractivity contribution in [3.8, 4) is 5.75 Å². The van der Waals surface area contributed by atoms with Crippen molar-refractivity contribution in [2.45, 2.75) is 11.8 Å². The van der Waals surface area contributed by atoms with Gasteiger partial charge in [-0.05, 0) is 31.2 Å². The van der Waals surface area contributed by atoms with Crippen LogP contribution >= 0.6 is 23.2 Å². The second-order valence-electron chi connectivity index (χ2n) is 4.10. The van der Waals surface area contributed by atoms with Crippen LogP contribution in [-0.4, -0.2) is 18.5 Å². The molecule has 9 heteroatoms. The maximum atomic E-state index is 13.6. The number of aryl methyl sites for hydroxylation is 1. The largest absolute Gasteiger partial charge is 0.504 e. The van der Waals surface area contributed by atoms with Crippen molar-refractivity contribution < 1.29 is 17.9 Å². The Morgan fingerprint density at radius 1 is 1.24 bits per heavy atom. The third-order valence-electron chi connectivity index (χ3n) is 2.53. The molecule has 0 saturated heterocycles. The molecule has 2 N–H and O–H groups in total. The third-order valence-corrected chi connectivity index (χ3v) is 4.69. The molecule has 0 radical (unpaired) electrons. The van der Waals surface area contributed by atoms with Gasteiger partial charge in [-0.3, -0.25) is 4.72 Å². The molecule has 0 spiro atoms. The number of sulfonamides is 1. The van der Waals surface area contributed by atoms with Gasteiger partial charge < -0.3 is 5.11 Å². The van der Waals surface area contributed by atoms with E-state index in [1.165, 1.54) is 12.1 Å². The van der Waals surface area contributed by atoms with E-state index in [2.05, 4.69) is 4.98 Å². The highest BCUT2D eigenvalue weighted by atomic mass is 35.5. The zero-order valence-electron chi connectivity index (χ0n) is 10.6. The Morgan fingerprint density at radius 2 is 1.90 bits per heavy atom. The van der Waals surface area contributed by atoms with Crippen LogP contribution in [-0.2, 0) is 10.0 Å². The molecule has 0 bridgehead atoms. The summed E-state index contributed by atoms with van der Waals surface area (Å²) in [6, 6.07) is 4.91. The highest BCUT2D eigenvalue weighted by molar-refractivity contribution is 7.92. The van der Waals surface area contributed by atoms with Crippen LogP contribution in [0.2, 0.25) is 10.0 Å². The van der Waals surface area contributed by atoms with Crippen molar-refractivity contribution in [2.75, 3.05) is 4.72 Å². The van der Waals surface area contributed by atoms with Crippen molar-refractivity contribution >= 4 is 39.0 Å². The Bertz CT molecular complexity index is 812. The number of rotatable bonds is 3. The van der Waals surface area contributed by atoms with Crippen molar-refractivity contribution in [3.05, 3.63) is 45.8 Å². The van der Waals surface area contributed by atoms with Gasteiger partial charge in [0.05, 0.1) is 10.0 Å². The molecule has 1 aromatic heterocycles. The summed E-state index contributed by atoms with van der Waals surface area (Å²) in [6.45, 7) is 1.62. The van der Waals surface area contributed by atoms with Crippen LogP contribution in [0.4, 0.5) is 10.2 Å². The Kier molecular flexibility index (Phi) is 4.27. The molecular weight excluding hydrogens is 342 g/mol. The molecule has 1 heterocycles. The van der Waals surface area contributed by atoms with Crippen LogP contribution in [0.3, 0.4) is 0 Å². The number of benzene rings is 1. The second-order valence-corrected chi connectivity index (χ2v) is 6.54. The number of pyridine rings is 1. The van der Waals surface area contributed by atoms with E-state index >= 15 is 0 Å². The van der Waals surface area contributed by atoms with Crippen LogP contribution < -0.4 is 4.72 Å². The van der Waals surface area contributed by atoms with Crippen LogP contribution in [0.5, 0.6) is 5.75 Å². The Hall–Kier alpha value is -1.57. The average Bonchev–Trinajstić information content (AvgIpc) is 2.39. The average molecular weight is 351 g/mol. The quantitative estimate of drug-likeness (QED) is 0.832. The Labute approximate surface area is 130 Å². The lowest BCUT2D eigenvalue weighted by molar-refractivity contribution is 0.475. The molecule has 2 aromatic rings. The summed E-state index contributed by atoms with van der Waals surface area (Å²) in [5.74, 6) is -1.68. The number of aromatic hydroxyl groups is 1. The fourth-order valence-electron chi connectivity index (χ4n) is 1.52. The molecule has 5 nitrogen and oxygen atoms in total. The Balaban J connectivity index is 2.49. The summed E-state index contributed by atoms with van der Waals surface area (Å²) >= 11 is 11.2. The summed E-state index contributed by atoms with van der Waals surface area (Å²) in [4.78, 5) is 3.34. The molecule has 0 atom stereocenters. The van der Waals surface area contributed by atoms with Crippen molar-refractivity contribution in [3.63, 3.8) is 0 Å². The smallest absolute Gasteiger partial charge is 0.264 e. The van der Waals surface area contributed by atoms with E-state index in [1.54, 1.807) is 6.92 Å². The molecule has 0 aliphatic carbocycles. The van der Waals surface area contributed by atoms with Gasteiger partial charge in [-0.25, -0.2) is 17.8 Å². The number of hydrogen-bond acceptors (Lipinski definition) is 4. The zero-order chi connectivity index (χ0) is 15.8. The molecule has 1 aromatic carbocycles. The standard InChI is InChI=1S/C12H9Cl2FN2O3S/c1-6-2-4-8(18)12(16-6)17-21(19,20)9-5-3-7(13)11(15)10(9)14/h2-5,18H,1H3,(H,16,17). The number of aromatic nitrogens is 1. The van der Waals surface area contributed by atoms with Gasteiger partial charge in [0.25, 0.3) is 10.0 Å². The van der Waals surface area contributed by atoms with E-state index < -0.39 is 25.8 Å². The number of hydrogen-bond donors (Lipinski definition) is 2. The molecule has 2 rings (SSSR count). The molecule has 0 fully saturated rings. The highest BCUT2D eigenvalue weighted by Crippen LogP contribution is 2.31. The summed E-state index contributed by atoms with van der Waals surface area (Å²) in [5, 5.41) is 8.66. The summed E-state index contributed by atoms with van der Waals surface area (Å²) < 4.78 is 40.0. The normalized spacial score (nSPS) is 11.4. The van der Waals surface area contributed by atoms with Gasteiger partial charge in [0, 0.05) is 5.69 Å². The minimum atomic E-state index is -4.23. The van der Waals surface area contributed by atoms with Crippen LogP contribution in [0.15, 0.2) is 29.2 Å². The maximum Gasteiger partial charge on any atom is 0.264 e. The van der Waals surface area contributed by atoms with E-state index in [4.69, 9.17) is 23.2 Å². The minimum absolute atomic E-state index is 0.276. The van der Waals surface area contributed by atoms with Crippen molar-refractivity contribution in [1.29, 1.82) is 0 Å². The van der Waals surface area contributed by atoms with Gasteiger partial charge in [-0.2, -0.15) is 0 Å². The number of anilines is 1. The number of halogens is 3. The van der Waals surface area contributed by atoms with Gasteiger partial charge in [-0.15, -0.1) is 0 Å². The first-order valence-electron chi connectivity index (χ1n) is 5.55. The van der Waals surface area contributed by atoms with E-state index in [1.807, 2.05) is 4.72 Å². The second kappa shape index (κ2) is 5.67. The van der Waals surface area contributed by atoms with Gasteiger partial charge in [-0.1, -0.05) is 23.2 Å². The Morgan fingerprint density at radius 3 is 2.57 bits per heavy atom. The van der Waals surface area contributed by atoms with E-state index in [0.29, 0.717) is 5.69 Å². The monoisotopic (exact) mass is 350 g/mol. The molecule has 0 aliphatic rings. The fraction of sp³-hybridized carbons (Fsp3) is 0.0833. The zero-order valence-corrected chi connectivity index (χ0v) is 12.9. The lowest BCUT2D eigenvalue weighted by atomic mass is 10.3. The SMILES string of the molecule is Cc1ccc(O)c(NS(=O)(=O)c2ccc(Cl)c(F)c2Cl)n1. The van der Waals surface area contributed by atoms with Crippen molar-refractivity contribution in [1.82, 2.24) is 4.98 Å². The summed E-state index contributed by atoms with van der Waals surface area (Å²) in [6.07, 6.45) is 0. The molecule has 0 unspecified atom stereocenters. The predicted octanol–water partition coefficient (Wildman–Crippen LogP) is 3.34. The molecule has 0 saturated carbocycles. The third kappa shape index (κ3) is 3.20. The highest BCUT2D eigenvalue weighted by Gasteiger charge is 2.23. The predicted molar refractivity (Wildman–Crippen MR) is 77.9 cm³/mol. The molecule has 0 amide bonds. The first-order valence-corrected chi connectivity index (χ1v) is 7.79. The summed E-state index contributed by atoms with van der Waals surface area (Å²) in [7, 11) is -4.23. The first kappa shape index (κ1) is 15.8. The van der Waals surface area contributed by atoms with Crippen LogP contribution in [0.1, 0.15) is 5.69 Å². The number of nitrogens with one attached hydrogen (secondary N) is 1. The van der Waals surface area contributed by atoms with Gasteiger partial charge in [0.15, 0.2) is 17.4 Å². The topological polar surface area (TPSA) is 79.3 Å². The van der Waals surface area contributed by atoms with Gasteiger partial charge in [0.1, 0.15) is 4.90 Å². The molecule has 112 valence electrons. The van der Waals surface area contributed by atoms with Gasteiger partial charge in [0.2, 0.25) is 0 Å².